The first-order valence-corrected chi connectivity index (χ1v) is 8.05. The third-order valence-electron chi connectivity index (χ3n) is 3.45. The molecule has 0 bridgehead atoms. The zero-order valence-electron chi connectivity index (χ0n) is 11.6. The summed E-state index contributed by atoms with van der Waals surface area (Å²) >= 11 is 1.79. The van der Waals surface area contributed by atoms with Crippen molar-refractivity contribution >= 4 is 23.8 Å². The van der Waals surface area contributed by atoms with Gasteiger partial charge in [0.25, 0.3) is 0 Å². The average molecular weight is 288 g/mol. The predicted molar refractivity (Wildman–Crippen MR) is 77.5 cm³/mol. The Labute approximate surface area is 118 Å². The Morgan fingerprint density at radius 2 is 2.16 bits per heavy atom. The van der Waals surface area contributed by atoms with Crippen LogP contribution in [0.4, 0.5) is 4.79 Å². The van der Waals surface area contributed by atoms with E-state index in [1.54, 1.807) is 11.8 Å². The van der Waals surface area contributed by atoms with E-state index < -0.39 is 5.97 Å². The van der Waals surface area contributed by atoms with Gasteiger partial charge in [-0.3, -0.25) is 4.79 Å². The molecule has 3 unspecified atom stereocenters. The molecule has 1 saturated carbocycles. The van der Waals surface area contributed by atoms with Crippen molar-refractivity contribution in [3.05, 3.63) is 0 Å². The summed E-state index contributed by atoms with van der Waals surface area (Å²) < 4.78 is 0. The summed E-state index contributed by atoms with van der Waals surface area (Å²) in [6.07, 6.45) is 2.56. The van der Waals surface area contributed by atoms with E-state index in [0.717, 1.165) is 30.8 Å². The van der Waals surface area contributed by atoms with Gasteiger partial charge in [0.2, 0.25) is 0 Å². The lowest BCUT2D eigenvalue weighted by molar-refractivity contribution is -0.142. The molecule has 5 nitrogen and oxygen atoms in total. The minimum Gasteiger partial charge on any atom is -0.481 e. The first-order valence-electron chi connectivity index (χ1n) is 6.89. The number of rotatable bonds is 7. The first kappa shape index (κ1) is 16.1. The molecule has 6 heteroatoms. The maximum absolute atomic E-state index is 11.7. The van der Waals surface area contributed by atoms with E-state index in [1.807, 2.05) is 6.92 Å². The summed E-state index contributed by atoms with van der Waals surface area (Å²) in [6.45, 7) is 4.51. The summed E-state index contributed by atoms with van der Waals surface area (Å²) in [6, 6.07) is -0.0657. The van der Waals surface area contributed by atoms with E-state index in [0.29, 0.717) is 6.54 Å². The second-order valence-electron chi connectivity index (χ2n) is 5.05. The van der Waals surface area contributed by atoms with Crippen molar-refractivity contribution in [2.24, 2.45) is 11.8 Å². The van der Waals surface area contributed by atoms with Crippen LogP contribution in [0.3, 0.4) is 0 Å². The Bertz CT molecular complexity index is 312. The number of hydrogen-bond donors (Lipinski definition) is 3. The van der Waals surface area contributed by atoms with Crippen molar-refractivity contribution in [1.82, 2.24) is 10.6 Å². The maximum atomic E-state index is 11.7. The molecule has 19 heavy (non-hydrogen) atoms. The van der Waals surface area contributed by atoms with Gasteiger partial charge in [-0.15, -0.1) is 0 Å². The van der Waals surface area contributed by atoms with E-state index >= 15 is 0 Å². The van der Waals surface area contributed by atoms with Gasteiger partial charge in [0.1, 0.15) is 0 Å². The van der Waals surface area contributed by atoms with E-state index in [-0.39, 0.29) is 23.9 Å². The van der Waals surface area contributed by atoms with E-state index in [4.69, 9.17) is 5.11 Å². The lowest BCUT2D eigenvalue weighted by Crippen LogP contribution is -2.44. The van der Waals surface area contributed by atoms with Crippen LogP contribution >= 0.6 is 11.8 Å². The van der Waals surface area contributed by atoms with Gasteiger partial charge in [0.15, 0.2) is 0 Å². The van der Waals surface area contributed by atoms with Gasteiger partial charge in [0, 0.05) is 18.3 Å². The molecular weight excluding hydrogens is 264 g/mol. The van der Waals surface area contributed by atoms with E-state index in [1.165, 1.54) is 0 Å². The molecule has 0 spiro atoms. The van der Waals surface area contributed by atoms with Crippen LogP contribution in [0.5, 0.6) is 0 Å². The minimum atomic E-state index is -0.738. The van der Waals surface area contributed by atoms with Crippen LogP contribution in [0.2, 0.25) is 0 Å². The predicted octanol–water partition coefficient (Wildman–Crippen LogP) is 1.93. The molecule has 1 fully saturated rings. The standard InChI is InChI=1S/C13H24N2O3S/c1-3-19-8-9(2)15-13(18)14-7-10-5-4-6-11(10)12(16)17/h9-11H,3-8H2,1-2H3,(H,16,17)(H2,14,15,18). The fourth-order valence-corrected chi connectivity index (χ4v) is 3.11. The van der Waals surface area contributed by atoms with Gasteiger partial charge in [-0.05, 0) is 31.4 Å². The van der Waals surface area contributed by atoms with Crippen molar-refractivity contribution in [2.75, 3.05) is 18.1 Å². The monoisotopic (exact) mass is 288 g/mol. The third kappa shape index (κ3) is 5.72. The Hall–Kier alpha value is -0.910. The van der Waals surface area contributed by atoms with Gasteiger partial charge in [0.05, 0.1) is 5.92 Å². The number of hydrogen-bond acceptors (Lipinski definition) is 3. The topological polar surface area (TPSA) is 78.4 Å². The maximum Gasteiger partial charge on any atom is 0.315 e. The molecule has 110 valence electrons. The third-order valence-corrected chi connectivity index (χ3v) is 4.59. The Balaban J connectivity index is 2.24. The molecule has 0 aromatic carbocycles. The van der Waals surface area contributed by atoms with Crippen LogP contribution in [0.25, 0.3) is 0 Å². The van der Waals surface area contributed by atoms with Crippen LogP contribution < -0.4 is 10.6 Å². The molecular formula is C13H24N2O3S. The second-order valence-corrected chi connectivity index (χ2v) is 6.37. The minimum absolute atomic E-state index is 0.0728. The highest BCUT2D eigenvalue weighted by Gasteiger charge is 2.32. The zero-order valence-corrected chi connectivity index (χ0v) is 12.5. The second kappa shape index (κ2) is 8.30. The van der Waals surface area contributed by atoms with Gasteiger partial charge in [-0.2, -0.15) is 11.8 Å². The summed E-state index contributed by atoms with van der Waals surface area (Å²) in [5, 5.41) is 14.7. The Morgan fingerprint density at radius 3 is 2.79 bits per heavy atom. The fourth-order valence-electron chi connectivity index (χ4n) is 2.44. The SMILES string of the molecule is CCSCC(C)NC(=O)NCC1CCCC1C(=O)O. The molecule has 0 radical (unpaired) electrons. The normalized spacial score (nSPS) is 23.9. The van der Waals surface area contributed by atoms with Crippen molar-refractivity contribution in [2.45, 2.75) is 39.2 Å². The van der Waals surface area contributed by atoms with Crippen LogP contribution in [0, 0.1) is 11.8 Å². The van der Waals surface area contributed by atoms with Crippen LogP contribution in [0.15, 0.2) is 0 Å². The number of carbonyl (C=O) groups excluding carboxylic acids is 1. The molecule has 1 aliphatic carbocycles. The Kier molecular flexibility index (Phi) is 7.05. The summed E-state index contributed by atoms with van der Waals surface area (Å²) in [4.78, 5) is 22.7. The molecule has 0 aromatic heterocycles. The molecule has 0 heterocycles. The molecule has 0 saturated heterocycles. The number of aliphatic carboxylic acids is 1. The quantitative estimate of drug-likeness (QED) is 0.669. The van der Waals surface area contributed by atoms with Crippen molar-refractivity contribution < 1.29 is 14.7 Å². The number of nitrogens with one attached hydrogen (secondary N) is 2. The lowest BCUT2D eigenvalue weighted by Gasteiger charge is -2.18. The molecule has 0 aliphatic heterocycles. The first-order chi connectivity index (χ1) is 9.04. The van der Waals surface area contributed by atoms with Crippen molar-refractivity contribution in [3.63, 3.8) is 0 Å². The summed E-state index contributed by atoms with van der Waals surface area (Å²) in [7, 11) is 0. The Morgan fingerprint density at radius 1 is 1.42 bits per heavy atom. The highest BCUT2D eigenvalue weighted by atomic mass is 32.2. The number of urea groups is 1. The molecule has 1 rings (SSSR count). The fraction of sp³-hybridized carbons (Fsp3) is 0.846. The number of thioether (sulfide) groups is 1. The van der Waals surface area contributed by atoms with Crippen molar-refractivity contribution in [1.29, 1.82) is 0 Å². The smallest absolute Gasteiger partial charge is 0.315 e. The van der Waals surface area contributed by atoms with Crippen molar-refractivity contribution in [3.8, 4) is 0 Å². The van der Waals surface area contributed by atoms with Crippen LogP contribution in [0.1, 0.15) is 33.1 Å². The molecule has 3 atom stereocenters. The molecule has 2 amide bonds. The van der Waals surface area contributed by atoms with Gasteiger partial charge in [-0.25, -0.2) is 4.79 Å². The van der Waals surface area contributed by atoms with Gasteiger partial charge >= 0.3 is 12.0 Å². The van der Waals surface area contributed by atoms with Gasteiger partial charge < -0.3 is 15.7 Å². The lowest BCUT2D eigenvalue weighted by atomic mass is 9.96. The van der Waals surface area contributed by atoms with Crippen LogP contribution in [-0.4, -0.2) is 41.2 Å². The number of carboxylic acids is 1. The van der Waals surface area contributed by atoms with E-state index in [2.05, 4.69) is 17.6 Å². The number of carbonyl (C=O) groups is 2. The molecule has 0 aromatic rings. The number of carboxylic acid groups (broad SMARTS) is 1. The number of amides is 2. The molecule has 1 aliphatic rings. The summed E-state index contributed by atoms with van der Waals surface area (Å²) in [5.41, 5.74) is 0. The van der Waals surface area contributed by atoms with Crippen LogP contribution in [-0.2, 0) is 4.79 Å². The zero-order chi connectivity index (χ0) is 14.3. The largest absolute Gasteiger partial charge is 0.481 e. The van der Waals surface area contributed by atoms with Gasteiger partial charge in [-0.1, -0.05) is 13.3 Å². The highest BCUT2D eigenvalue weighted by Crippen LogP contribution is 2.31. The molecule has 3 N–H and O–H groups in total. The average Bonchev–Trinajstić information content (AvgIpc) is 2.82. The van der Waals surface area contributed by atoms with E-state index in [9.17, 15) is 9.59 Å². The summed E-state index contributed by atoms with van der Waals surface area (Å²) in [5.74, 6) is 0.968. The highest BCUT2D eigenvalue weighted by molar-refractivity contribution is 7.99.